The lowest BCUT2D eigenvalue weighted by atomic mass is 10.2. The molecular formula is C14H17N3. The van der Waals surface area contributed by atoms with Crippen LogP contribution in [0, 0.1) is 0 Å². The van der Waals surface area contributed by atoms with Crippen molar-refractivity contribution >= 4 is 6.08 Å². The fraction of sp³-hybridized carbons (Fsp3) is 0.214. The molecule has 0 unspecified atom stereocenters. The Kier molecular flexibility index (Phi) is 4.11. The fourth-order valence-electron chi connectivity index (χ4n) is 1.58. The van der Waals surface area contributed by atoms with Crippen molar-refractivity contribution in [2.75, 3.05) is 13.1 Å². The highest BCUT2D eigenvalue weighted by molar-refractivity contribution is 5.51. The van der Waals surface area contributed by atoms with Crippen LogP contribution in [0.5, 0.6) is 0 Å². The first kappa shape index (κ1) is 11.6. The molecule has 17 heavy (non-hydrogen) atoms. The maximum absolute atomic E-state index is 4.19. The second-order valence-corrected chi connectivity index (χ2v) is 3.75. The molecule has 0 bridgehead atoms. The average Bonchev–Trinajstić information content (AvgIpc) is 2.89. The van der Waals surface area contributed by atoms with E-state index in [9.17, 15) is 0 Å². The first-order valence-electron chi connectivity index (χ1n) is 5.87. The van der Waals surface area contributed by atoms with E-state index in [-0.39, 0.29) is 0 Å². The molecule has 3 nitrogen and oxygen atoms in total. The van der Waals surface area contributed by atoms with Gasteiger partial charge < -0.3 is 5.32 Å². The molecule has 0 fully saturated rings. The van der Waals surface area contributed by atoms with Crippen LogP contribution in [0.1, 0.15) is 12.5 Å². The third-order valence-electron chi connectivity index (χ3n) is 2.48. The Balaban J connectivity index is 2.01. The Bertz CT molecular complexity index is 455. The summed E-state index contributed by atoms with van der Waals surface area (Å²) in [7, 11) is 0. The molecule has 2 aromatic rings. The zero-order valence-electron chi connectivity index (χ0n) is 10.0. The highest BCUT2D eigenvalue weighted by Crippen LogP contribution is 2.09. The van der Waals surface area contributed by atoms with E-state index in [2.05, 4.69) is 53.8 Å². The predicted molar refractivity (Wildman–Crippen MR) is 71.1 cm³/mol. The molecule has 0 saturated carbocycles. The molecule has 0 saturated heterocycles. The highest BCUT2D eigenvalue weighted by atomic mass is 15.3. The number of likely N-dealkylation sites (N-methyl/N-ethyl adjacent to an activating group) is 1. The van der Waals surface area contributed by atoms with Crippen molar-refractivity contribution in [3.8, 4) is 5.69 Å². The van der Waals surface area contributed by atoms with Gasteiger partial charge in [-0.25, -0.2) is 4.68 Å². The van der Waals surface area contributed by atoms with Crippen LogP contribution in [0.3, 0.4) is 0 Å². The van der Waals surface area contributed by atoms with Gasteiger partial charge in [0.2, 0.25) is 0 Å². The lowest BCUT2D eigenvalue weighted by Gasteiger charge is -2.01. The first-order chi connectivity index (χ1) is 8.40. The molecule has 0 aliphatic rings. The number of hydrogen-bond acceptors (Lipinski definition) is 2. The molecule has 3 heteroatoms. The summed E-state index contributed by atoms with van der Waals surface area (Å²) in [6.07, 6.45) is 7.97. The molecule has 0 aliphatic heterocycles. The van der Waals surface area contributed by atoms with E-state index in [0.29, 0.717) is 0 Å². The lowest BCUT2D eigenvalue weighted by molar-refractivity contribution is 0.801. The quantitative estimate of drug-likeness (QED) is 0.795. The summed E-state index contributed by atoms with van der Waals surface area (Å²) in [6, 6.07) is 10.3. The van der Waals surface area contributed by atoms with Crippen LogP contribution in [0.25, 0.3) is 11.8 Å². The minimum Gasteiger partial charge on any atom is -0.314 e. The molecule has 1 N–H and O–H groups in total. The van der Waals surface area contributed by atoms with Gasteiger partial charge in [-0.2, -0.15) is 5.10 Å². The molecule has 0 spiro atoms. The summed E-state index contributed by atoms with van der Waals surface area (Å²) >= 11 is 0. The minimum absolute atomic E-state index is 0.914. The lowest BCUT2D eigenvalue weighted by Crippen LogP contribution is -2.11. The van der Waals surface area contributed by atoms with Crippen molar-refractivity contribution in [1.82, 2.24) is 15.1 Å². The molecule has 1 aromatic heterocycles. The zero-order chi connectivity index (χ0) is 11.9. The van der Waals surface area contributed by atoms with Gasteiger partial charge >= 0.3 is 0 Å². The molecule has 1 heterocycles. The van der Waals surface area contributed by atoms with Crippen molar-refractivity contribution in [3.63, 3.8) is 0 Å². The van der Waals surface area contributed by atoms with Gasteiger partial charge in [0.1, 0.15) is 0 Å². The Labute approximate surface area is 102 Å². The average molecular weight is 227 g/mol. The number of rotatable bonds is 5. The van der Waals surface area contributed by atoms with Crippen LogP contribution >= 0.6 is 0 Å². The maximum atomic E-state index is 4.19. The fourth-order valence-corrected chi connectivity index (χ4v) is 1.58. The Morgan fingerprint density at radius 1 is 1.29 bits per heavy atom. The Hall–Kier alpha value is -1.87. The molecule has 88 valence electrons. The third kappa shape index (κ3) is 3.29. The van der Waals surface area contributed by atoms with Gasteiger partial charge in [-0.3, -0.25) is 0 Å². The molecule has 0 radical (unpaired) electrons. The number of nitrogens with one attached hydrogen (secondary N) is 1. The third-order valence-corrected chi connectivity index (χ3v) is 2.48. The van der Waals surface area contributed by atoms with Crippen LogP contribution < -0.4 is 5.32 Å². The second kappa shape index (κ2) is 6.01. The standard InChI is InChI=1S/C14H17N3/c1-2-15-10-3-5-13-6-8-14(9-7-13)17-12-4-11-16-17/h3-9,11-12,15H,2,10H2,1H3. The molecule has 1 aromatic carbocycles. The summed E-state index contributed by atoms with van der Waals surface area (Å²) in [5, 5.41) is 7.44. The second-order valence-electron chi connectivity index (χ2n) is 3.75. The van der Waals surface area contributed by atoms with Crippen molar-refractivity contribution in [1.29, 1.82) is 0 Å². The van der Waals surface area contributed by atoms with E-state index in [1.165, 1.54) is 5.56 Å². The number of hydrogen-bond donors (Lipinski definition) is 1. The number of aromatic nitrogens is 2. The normalized spacial score (nSPS) is 11.1. The van der Waals surface area contributed by atoms with Gasteiger partial charge in [-0.15, -0.1) is 0 Å². The molecule has 0 amide bonds. The smallest absolute Gasteiger partial charge is 0.0645 e. The first-order valence-corrected chi connectivity index (χ1v) is 5.87. The van der Waals surface area contributed by atoms with E-state index < -0.39 is 0 Å². The zero-order valence-corrected chi connectivity index (χ0v) is 10.0. The van der Waals surface area contributed by atoms with Gasteiger partial charge in [-0.1, -0.05) is 31.2 Å². The molecule has 0 atom stereocenters. The van der Waals surface area contributed by atoms with Crippen LogP contribution in [0.4, 0.5) is 0 Å². The van der Waals surface area contributed by atoms with E-state index in [0.717, 1.165) is 18.8 Å². The van der Waals surface area contributed by atoms with E-state index in [4.69, 9.17) is 0 Å². The van der Waals surface area contributed by atoms with Crippen molar-refractivity contribution in [2.45, 2.75) is 6.92 Å². The number of nitrogens with zero attached hydrogens (tertiary/aromatic N) is 2. The van der Waals surface area contributed by atoms with E-state index >= 15 is 0 Å². The van der Waals surface area contributed by atoms with Crippen LogP contribution in [0.2, 0.25) is 0 Å². The van der Waals surface area contributed by atoms with Crippen LogP contribution in [-0.4, -0.2) is 22.9 Å². The molecule has 0 aliphatic carbocycles. The molecule has 2 rings (SSSR count). The van der Waals surface area contributed by atoms with Gasteiger partial charge in [-0.05, 0) is 30.3 Å². The number of benzene rings is 1. The SMILES string of the molecule is CCNCC=Cc1ccc(-n2cccn2)cc1. The maximum Gasteiger partial charge on any atom is 0.0645 e. The van der Waals surface area contributed by atoms with Gasteiger partial charge in [0, 0.05) is 18.9 Å². The largest absolute Gasteiger partial charge is 0.314 e. The minimum atomic E-state index is 0.914. The van der Waals surface area contributed by atoms with E-state index in [1.807, 2.05) is 16.9 Å². The Morgan fingerprint density at radius 2 is 2.12 bits per heavy atom. The summed E-state index contributed by atoms with van der Waals surface area (Å²) in [5.74, 6) is 0. The van der Waals surface area contributed by atoms with Crippen molar-refractivity contribution < 1.29 is 0 Å². The summed E-state index contributed by atoms with van der Waals surface area (Å²) in [4.78, 5) is 0. The summed E-state index contributed by atoms with van der Waals surface area (Å²) in [6.45, 7) is 4.02. The van der Waals surface area contributed by atoms with Gasteiger partial charge in [0.05, 0.1) is 5.69 Å². The van der Waals surface area contributed by atoms with Crippen LogP contribution in [-0.2, 0) is 0 Å². The van der Waals surface area contributed by atoms with Crippen LogP contribution in [0.15, 0.2) is 48.8 Å². The van der Waals surface area contributed by atoms with E-state index in [1.54, 1.807) is 6.20 Å². The van der Waals surface area contributed by atoms with Gasteiger partial charge in [0.25, 0.3) is 0 Å². The Morgan fingerprint density at radius 3 is 2.76 bits per heavy atom. The van der Waals surface area contributed by atoms with Crippen molar-refractivity contribution in [2.24, 2.45) is 0 Å². The highest BCUT2D eigenvalue weighted by Gasteiger charge is 1.94. The topological polar surface area (TPSA) is 29.9 Å². The summed E-state index contributed by atoms with van der Waals surface area (Å²) in [5.41, 5.74) is 2.29. The van der Waals surface area contributed by atoms with Crippen molar-refractivity contribution in [3.05, 3.63) is 54.4 Å². The predicted octanol–water partition coefficient (Wildman–Crippen LogP) is 2.50. The molecular weight excluding hydrogens is 210 g/mol. The summed E-state index contributed by atoms with van der Waals surface area (Å²) < 4.78 is 1.85. The monoisotopic (exact) mass is 227 g/mol. The van der Waals surface area contributed by atoms with Gasteiger partial charge in [0.15, 0.2) is 0 Å².